The third-order valence-corrected chi connectivity index (χ3v) is 5.92. The van der Waals surface area contributed by atoms with Crippen molar-refractivity contribution in [3.63, 3.8) is 0 Å². The number of hydrogen-bond acceptors (Lipinski definition) is 7. The van der Waals surface area contributed by atoms with Crippen LogP contribution in [-0.2, 0) is 14.8 Å². The van der Waals surface area contributed by atoms with E-state index < -0.39 is 10.0 Å². The number of hydrogen-bond donors (Lipinski definition) is 2. The van der Waals surface area contributed by atoms with Gasteiger partial charge in [-0.3, -0.25) is 4.72 Å². The Bertz CT molecular complexity index is 1040. The molecule has 2 aromatic heterocycles. The molecular weight excluding hydrogens is 386 g/mol. The predicted molar refractivity (Wildman–Crippen MR) is 107 cm³/mol. The molecule has 10 heteroatoms. The fraction of sp³-hybridized carbons (Fsp3) is 0.412. The summed E-state index contributed by atoms with van der Waals surface area (Å²) in [6.07, 6.45) is 5.02. The van der Waals surface area contributed by atoms with Crippen LogP contribution in [0.25, 0.3) is 16.2 Å². The van der Waals surface area contributed by atoms with Gasteiger partial charge in [-0.05, 0) is 30.9 Å². The molecule has 3 aromatic rings. The number of rotatable bonds is 6. The molecule has 1 aliphatic heterocycles. The summed E-state index contributed by atoms with van der Waals surface area (Å²) in [5.74, 6) is 0.605. The number of nitrogens with zero attached hydrogens (tertiary/aromatic N) is 3. The molecule has 4 rings (SSSR count). The summed E-state index contributed by atoms with van der Waals surface area (Å²) in [7, 11) is -3.32. The van der Waals surface area contributed by atoms with Gasteiger partial charge in [-0.25, -0.2) is 17.9 Å². The zero-order valence-corrected chi connectivity index (χ0v) is 16.5. The quantitative estimate of drug-likeness (QED) is 0.652. The molecule has 0 atom stereocenters. The first-order valence-electron chi connectivity index (χ1n) is 8.72. The number of sulfonamides is 1. The van der Waals surface area contributed by atoms with Gasteiger partial charge in [-0.1, -0.05) is 23.5 Å². The molecule has 8 nitrogen and oxygen atoms in total. The van der Waals surface area contributed by atoms with Crippen molar-refractivity contribution in [1.29, 1.82) is 0 Å². The largest absolute Gasteiger partial charge is 0.381 e. The Morgan fingerprint density at radius 1 is 1.33 bits per heavy atom. The minimum atomic E-state index is -3.32. The SMILES string of the molecule is CS(=O)(=O)Nc1cccc(-c2cnc3sc(NCC4CCOCC4)nn23)c1. The average Bonchev–Trinajstić information content (AvgIpc) is 3.20. The van der Waals surface area contributed by atoms with Gasteiger partial charge in [-0.15, -0.1) is 5.10 Å². The lowest BCUT2D eigenvalue weighted by Crippen LogP contribution is -2.22. The van der Waals surface area contributed by atoms with Crippen LogP contribution in [0.1, 0.15) is 12.8 Å². The highest BCUT2D eigenvalue weighted by Crippen LogP contribution is 2.28. The summed E-state index contributed by atoms with van der Waals surface area (Å²) >= 11 is 1.50. The third-order valence-electron chi connectivity index (χ3n) is 4.43. The summed E-state index contributed by atoms with van der Waals surface area (Å²) in [5, 5.41) is 8.87. The fourth-order valence-electron chi connectivity index (χ4n) is 3.10. The molecule has 0 unspecified atom stereocenters. The molecule has 1 fully saturated rings. The van der Waals surface area contributed by atoms with Crippen molar-refractivity contribution in [2.75, 3.05) is 36.1 Å². The molecule has 0 radical (unpaired) electrons. The van der Waals surface area contributed by atoms with Crippen LogP contribution in [0.3, 0.4) is 0 Å². The third kappa shape index (κ3) is 4.40. The van der Waals surface area contributed by atoms with Crippen molar-refractivity contribution in [2.45, 2.75) is 12.8 Å². The van der Waals surface area contributed by atoms with Gasteiger partial charge >= 0.3 is 0 Å². The van der Waals surface area contributed by atoms with Crippen LogP contribution in [0.2, 0.25) is 0 Å². The molecule has 3 heterocycles. The van der Waals surface area contributed by atoms with Gasteiger partial charge in [0, 0.05) is 31.0 Å². The average molecular weight is 408 g/mol. The standard InChI is InChI=1S/C17H21N5O3S2/c1-27(23,24)21-14-4-2-3-13(9-14)15-11-19-17-22(15)20-16(26-17)18-10-12-5-7-25-8-6-12/h2-4,9,11-12,21H,5-8,10H2,1H3,(H,18,20). The Morgan fingerprint density at radius 2 is 2.15 bits per heavy atom. The second-order valence-electron chi connectivity index (χ2n) is 6.64. The summed E-state index contributed by atoms with van der Waals surface area (Å²) in [6.45, 7) is 2.54. The molecule has 0 amide bonds. The molecule has 1 saturated heterocycles. The lowest BCUT2D eigenvalue weighted by atomic mass is 10.0. The van der Waals surface area contributed by atoms with Gasteiger partial charge < -0.3 is 10.1 Å². The maximum absolute atomic E-state index is 11.5. The molecule has 1 aliphatic rings. The van der Waals surface area contributed by atoms with Gasteiger partial charge in [0.1, 0.15) is 0 Å². The highest BCUT2D eigenvalue weighted by Gasteiger charge is 2.16. The van der Waals surface area contributed by atoms with Gasteiger partial charge in [0.25, 0.3) is 0 Å². The van der Waals surface area contributed by atoms with Gasteiger partial charge in [-0.2, -0.15) is 0 Å². The zero-order chi connectivity index (χ0) is 18.9. The van der Waals surface area contributed by atoms with Gasteiger partial charge in [0.15, 0.2) is 0 Å². The van der Waals surface area contributed by atoms with Crippen molar-refractivity contribution >= 4 is 37.1 Å². The van der Waals surface area contributed by atoms with E-state index in [-0.39, 0.29) is 0 Å². The Kier molecular flexibility index (Phi) is 5.02. The van der Waals surface area contributed by atoms with E-state index in [1.54, 1.807) is 28.9 Å². The van der Waals surface area contributed by atoms with E-state index >= 15 is 0 Å². The molecule has 2 N–H and O–H groups in total. The molecule has 1 aromatic carbocycles. The highest BCUT2D eigenvalue weighted by atomic mass is 32.2. The topological polar surface area (TPSA) is 97.6 Å². The number of imidazole rings is 1. The summed E-state index contributed by atoms with van der Waals surface area (Å²) < 4.78 is 32.6. The molecule has 0 bridgehead atoms. The summed E-state index contributed by atoms with van der Waals surface area (Å²) in [5.41, 5.74) is 2.17. The van der Waals surface area contributed by atoms with Crippen LogP contribution in [0.4, 0.5) is 10.8 Å². The molecule has 144 valence electrons. The molecule has 0 spiro atoms. The maximum Gasteiger partial charge on any atom is 0.229 e. The van der Waals surface area contributed by atoms with E-state index in [2.05, 4.69) is 20.1 Å². The molecule has 0 aliphatic carbocycles. The van der Waals surface area contributed by atoms with Crippen LogP contribution in [0.5, 0.6) is 0 Å². The zero-order valence-electron chi connectivity index (χ0n) is 14.9. The normalized spacial score (nSPS) is 15.9. The van der Waals surface area contributed by atoms with Crippen LogP contribution in [-0.4, -0.2) is 49.0 Å². The summed E-state index contributed by atoms with van der Waals surface area (Å²) in [4.78, 5) is 5.23. The number of nitrogens with one attached hydrogen (secondary N) is 2. The van der Waals surface area contributed by atoms with Crippen molar-refractivity contribution in [2.24, 2.45) is 5.92 Å². The first-order valence-corrected chi connectivity index (χ1v) is 11.4. The molecule has 0 saturated carbocycles. The van der Waals surface area contributed by atoms with E-state index in [9.17, 15) is 8.42 Å². The fourth-order valence-corrected chi connectivity index (χ4v) is 4.44. The highest BCUT2D eigenvalue weighted by molar-refractivity contribution is 7.92. The Hall–Kier alpha value is -2.17. The molecular formula is C17H21N5O3S2. The van der Waals surface area contributed by atoms with Crippen molar-refractivity contribution in [3.8, 4) is 11.3 Å². The first kappa shape index (κ1) is 18.2. The van der Waals surface area contributed by atoms with E-state index in [1.807, 2.05) is 6.07 Å². The Balaban J connectivity index is 1.54. The number of aromatic nitrogens is 3. The second-order valence-corrected chi connectivity index (χ2v) is 9.34. The van der Waals surface area contributed by atoms with Crippen LogP contribution in [0, 0.1) is 5.92 Å². The lowest BCUT2D eigenvalue weighted by molar-refractivity contribution is 0.0699. The van der Waals surface area contributed by atoms with Crippen molar-refractivity contribution < 1.29 is 13.2 Å². The van der Waals surface area contributed by atoms with Crippen molar-refractivity contribution in [3.05, 3.63) is 30.5 Å². The van der Waals surface area contributed by atoms with Gasteiger partial charge in [0.2, 0.25) is 20.1 Å². The minimum absolute atomic E-state index is 0.512. The van der Waals surface area contributed by atoms with E-state index in [0.717, 1.165) is 60.2 Å². The number of anilines is 2. The monoisotopic (exact) mass is 407 g/mol. The van der Waals surface area contributed by atoms with E-state index in [4.69, 9.17) is 4.74 Å². The lowest BCUT2D eigenvalue weighted by Gasteiger charge is -2.21. The predicted octanol–water partition coefficient (Wildman–Crippen LogP) is 2.67. The molecule has 27 heavy (non-hydrogen) atoms. The Labute approximate surface area is 161 Å². The maximum atomic E-state index is 11.5. The second kappa shape index (κ2) is 7.45. The number of fused-ring (bicyclic) bond motifs is 1. The van der Waals surface area contributed by atoms with E-state index in [1.165, 1.54) is 11.3 Å². The van der Waals surface area contributed by atoms with Crippen molar-refractivity contribution in [1.82, 2.24) is 14.6 Å². The smallest absolute Gasteiger partial charge is 0.229 e. The Morgan fingerprint density at radius 3 is 2.93 bits per heavy atom. The minimum Gasteiger partial charge on any atom is -0.381 e. The van der Waals surface area contributed by atoms with Crippen LogP contribution >= 0.6 is 11.3 Å². The van der Waals surface area contributed by atoms with Gasteiger partial charge in [0.05, 0.1) is 18.1 Å². The van der Waals surface area contributed by atoms with E-state index in [0.29, 0.717) is 11.6 Å². The summed E-state index contributed by atoms with van der Waals surface area (Å²) in [6, 6.07) is 7.20. The number of benzene rings is 1. The first-order chi connectivity index (χ1) is 13.0. The number of ether oxygens (including phenoxy) is 1. The van der Waals surface area contributed by atoms with Crippen LogP contribution in [0.15, 0.2) is 30.5 Å². The van der Waals surface area contributed by atoms with Crippen LogP contribution < -0.4 is 10.0 Å².